The highest BCUT2D eigenvalue weighted by atomic mass is 16.4. The van der Waals surface area contributed by atoms with Crippen molar-refractivity contribution in [2.24, 2.45) is 11.3 Å². The molecule has 2 fully saturated rings. The molecule has 1 saturated heterocycles. The van der Waals surface area contributed by atoms with Crippen LogP contribution in [0.5, 0.6) is 0 Å². The largest absolute Gasteiger partial charge is 0.465 e. The molecule has 1 aromatic heterocycles. The molecule has 1 atom stereocenters. The SMILES string of the molecule is O=C(O)N1CCC(Cn2cnc(-c3ccccc3)cc2=O)C2(CCCC2)C1. The molecule has 0 radical (unpaired) electrons. The monoisotopic (exact) mass is 367 g/mol. The molecule has 1 aliphatic carbocycles. The predicted octanol–water partition coefficient (Wildman–Crippen LogP) is 3.47. The van der Waals surface area contributed by atoms with E-state index in [0.717, 1.165) is 37.7 Å². The Bertz CT molecular complexity index is 872. The van der Waals surface area contributed by atoms with E-state index in [-0.39, 0.29) is 11.0 Å². The van der Waals surface area contributed by atoms with Crippen LogP contribution in [-0.4, -0.2) is 38.7 Å². The summed E-state index contributed by atoms with van der Waals surface area (Å²) in [6, 6.07) is 11.3. The fourth-order valence-corrected chi connectivity index (χ4v) is 4.87. The summed E-state index contributed by atoms with van der Waals surface area (Å²) in [4.78, 5) is 30.2. The molecular weight excluding hydrogens is 342 g/mol. The molecule has 1 N–H and O–H groups in total. The number of nitrogens with zero attached hydrogens (tertiary/aromatic N) is 3. The lowest BCUT2D eigenvalue weighted by Gasteiger charge is -2.45. The van der Waals surface area contributed by atoms with Crippen LogP contribution in [0, 0.1) is 11.3 Å². The highest BCUT2D eigenvalue weighted by molar-refractivity contribution is 5.65. The number of piperidine rings is 1. The molecule has 4 rings (SSSR count). The molecule has 142 valence electrons. The normalized spacial score (nSPS) is 21.5. The first kappa shape index (κ1) is 17.8. The van der Waals surface area contributed by atoms with E-state index >= 15 is 0 Å². The number of carbonyl (C=O) groups is 1. The van der Waals surface area contributed by atoms with Gasteiger partial charge in [-0.3, -0.25) is 9.36 Å². The van der Waals surface area contributed by atoms with Crippen molar-refractivity contribution >= 4 is 6.09 Å². The van der Waals surface area contributed by atoms with Gasteiger partial charge in [0.25, 0.3) is 5.56 Å². The summed E-state index contributed by atoms with van der Waals surface area (Å²) < 4.78 is 1.70. The lowest BCUT2D eigenvalue weighted by Crippen LogP contribution is -2.51. The predicted molar refractivity (Wildman–Crippen MR) is 103 cm³/mol. The Balaban J connectivity index is 1.56. The summed E-state index contributed by atoms with van der Waals surface area (Å²) in [5, 5.41) is 9.40. The first-order valence-electron chi connectivity index (χ1n) is 9.67. The van der Waals surface area contributed by atoms with Gasteiger partial charge in [0.15, 0.2) is 0 Å². The fraction of sp³-hybridized carbons (Fsp3) is 0.476. The highest BCUT2D eigenvalue weighted by Gasteiger charge is 2.46. The van der Waals surface area contributed by atoms with E-state index in [1.165, 1.54) is 0 Å². The van der Waals surface area contributed by atoms with Crippen LogP contribution < -0.4 is 5.56 Å². The van der Waals surface area contributed by atoms with Gasteiger partial charge in [-0.15, -0.1) is 0 Å². The molecule has 1 saturated carbocycles. The van der Waals surface area contributed by atoms with E-state index in [2.05, 4.69) is 4.98 Å². The average molecular weight is 367 g/mol. The van der Waals surface area contributed by atoms with Gasteiger partial charge in [0, 0.05) is 31.3 Å². The summed E-state index contributed by atoms with van der Waals surface area (Å²) in [7, 11) is 0. The Morgan fingerprint density at radius 2 is 1.96 bits per heavy atom. The second-order valence-electron chi connectivity index (χ2n) is 7.89. The lowest BCUT2D eigenvalue weighted by atomic mass is 9.69. The van der Waals surface area contributed by atoms with Crippen molar-refractivity contribution in [1.82, 2.24) is 14.5 Å². The van der Waals surface area contributed by atoms with E-state index in [9.17, 15) is 14.7 Å². The van der Waals surface area contributed by atoms with Crippen molar-refractivity contribution in [2.75, 3.05) is 13.1 Å². The number of amides is 1. The van der Waals surface area contributed by atoms with Gasteiger partial charge < -0.3 is 10.0 Å². The van der Waals surface area contributed by atoms with E-state index in [1.807, 2.05) is 30.3 Å². The summed E-state index contributed by atoms with van der Waals surface area (Å²) in [5.41, 5.74) is 1.59. The maximum Gasteiger partial charge on any atom is 0.407 e. The average Bonchev–Trinajstić information content (AvgIpc) is 3.14. The van der Waals surface area contributed by atoms with E-state index in [1.54, 1.807) is 21.9 Å². The van der Waals surface area contributed by atoms with Crippen molar-refractivity contribution in [3.63, 3.8) is 0 Å². The van der Waals surface area contributed by atoms with E-state index in [0.29, 0.717) is 31.2 Å². The quantitative estimate of drug-likeness (QED) is 0.901. The Kier molecular flexibility index (Phi) is 4.72. The van der Waals surface area contributed by atoms with Crippen LogP contribution in [0.25, 0.3) is 11.3 Å². The van der Waals surface area contributed by atoms with Crippen LogP contribution in [0.3, 0.4) is 0 Å². The second kappa shape index (κ2) is 7.18. The molecule has 1 unspecified atom stereocenters. The minimum atomic E-state index is -0.828. The molecule has 1 aromatic carbocycles. The Hall–Kier alpha value is -2.63. The van der Waals surface area contributed by atoms with Gasteiger partial charge in [-0.25, -0.2) is 9.78 Å². The molecule has 6 heteroatoms. The van der Waals surface area contributed by atoms with Gasteiger partial charge in [0.05, 0.1) is 12.0 Å². The zero-order valence-electron chi connectivity index (χ0n) is 15.4. The van der Waals surface area contributed by atoms with Crippen molar-refractivity contribution in [3.05, 3.63) is 53.1 Å². The van der Waals surface area contributed by atoms with Gasteiger partial charge in [-0.1, -0.05) is 43.2 Å². The first-order chi connectivity index (χ1) is 13.1. The van der Waals surface area contributed by atoms with Crippen molar-refractivity contribution < 1.29 is 9.90 Å². The highest BCUT2D eigenvalue weighted by Crippen LogP contribution is 2.49. The van der Waals surface area contributed by atoms with Gasteiger partial charge in [-0.2, -0.15) is 0 Å². The molecule has 2 heterocycles. The summed E-state index contributed by atoms with van der Waals surface area (Å²) in [5.74, 6) is 0.317. The third-order valence-corrected chi connectivity index (χ3v) is 6.36. The first-order valence-corrected chi connectivity index (χ1v) is 9.67. The Labute approximate surface area is 158 Å². The Morgan fingerprint density at radius 1 is 1.22 bits per heavy atom. The third-order valence-electron chi connectivity index (χ3n) is 6.36. The fourth-order valence-electron chi connectivity index (χ4n) is 4.87. The van der Waals surface area contributed by atoms with Gasteiger partial charge in [0.2, 0.25) is 0 Å². The molecule has 6 nitrogen and oxygen atoms in total. The third kappa shape index (κ3) is 3.48. The van der Waals surface area contributed by atoms with Gasteiger partial charge in [-0.05, 0) is 30.6 Å². The standard InChI is InChI=1S/C21H25N3O3/c25-19-12-18(16-6-2-1-3-7-16)22-15-24(19)13-17-8-11-23(20(26)27)14-21(17)9-4-5-10-21/h1-3,6-7,12,15,17H,4-5,8-11,13-14H2,(H,26,27). The van der Waals surface area contributed by atoms with Crippen molar-refractivity contribution in [2.45, 2.75) is 38.6 Å². The van der Waals surface area contributed by atoms with Gasteiger partial charge >= 0.3 is 6.09 Å². The maximum absolute atomic E-state index is 12.7. The van der Waals surface area contributed by atoms with Crippen molar-refractivity contribution in [1.29, 1.82) is 0 Å². The number of hydrogen-bond donors (Lipinski definition) is 1. The molecular formula is C21H25N3O3. The molecule has 0 bridgehead atoms. The maximum atomic E-state index is 12.7. The number of benzene rings is 1. The van der Waals surface area contributed by atoms with Crippen molar-refractivity contribution in [3.8, 4) is 11.3 Å². The van der Waals surface area contributed by atoms with Crippen LogP contribution in [0.1, 0.15) is 32.1 Å². The second-order valence-corrected chi connectivity index (χ2v) is 7.89. The minimum Gasteiger partial charge on any atom is -0.465 e. The summed E-state index contributed by atoms with van der Waals surface area (Å²) >= 11 is 0. The van der Waals surface area contributed by atoms with Crippen LogP contribution in [0.2, 0.25) is 0 Å². The molecule has 2 aliphatic rings. The zero-order valence-corrected chi connectivity index (χ0v) is 15.4. The number of hydrogen-bond acceptors (Lipinski definition) is 3. The van der Waals surface area contributed by atoms with Crippen LogP contribution >= 0.6 is 0 Å². The number of carboxylic acid groups (broad SMARTS) is 1. The number of likely N-dealkylation sites (tertiary alicyclic amines) is 1. The zero-order chi connectivity index (χ0) is 18.9. The topological polar surface area (TPSA) is 75.4 Å². The molecule has 1 spiro atoms. The molecule has 27 heavy (non-hydrogen) atoms. The van der Waals surface area contributed by atoms with Crippen LogP contribution in [0.4, 0.5) is 4.79 Å². The minimum absolute atomic E-state index is 0.00812. The number of rotatable bonds is 3. The number of aromatic nitrogens is 2. The summed E-state index contributed by atoms with van der Waals surface area (Å²) in [6.45, 7) is 1.76. The van der Waals surface area contributed by atoms with Gasteiger partial charge in [0.1, 0.15) is 0 Å². The van der Waals surface area contributed by atoms with E-state index in [4.69, 9.17) is 0 Å². The summed E-state index contributed by atoms with van der Waals surface area (Å²) in [6.07, 6.45) is 6.01. The Morgan fingerprint density at radius 3 is 2.63 bits per heavy atom. The van der Waals surface area contributed by atoms with E-state index < -0.39 is 6.09 Å². The molecule has 2 aromatic rings. The van der Waals surface area contributed by atoms with Crippen LogP contribution in [0.15, 0.2) is 47.5 Å². The smallest absolute Gasteiger partial charge is 0.407 e. The lowest BCUT2D eigenvalue weighted by molar-refractivity contribution is 0.0251. The molecule has 1 aliphatic heterocycles. The van der Waals surface area contributed by atoms with Crippen LogP contribution in [-0.2, 0) is 6.54 Å². The molecule has 1 amide bonds.